The number of hydrogen-bond donors (Lipinski definition) is 1. The molecule has 1 aliphatic rings. The van der Waals surface area contributed by atoms with E-state index in [0.29, 0.717) is 19.4 Å². The first-order valence-electron chi connectivity index (χ1n) is 6.44. The van der Waals surface area contributed by atoms with E-state index < -0.39 is 57.8 Å². The lowest BCUT2D eigenvalue weighted by molar-refractivity contribution is -0.284. The van der Waals surface area contributed by atoms with Crippen LogP contribution in [0.25, 0.3) is 0 Å². The van der Waals surface area contributed by atoms with E-state index >= 15 is 0 Å². The molecule has 0 spiro atoms. The minimum Gasteiger partial charge on any atom is -0.377 e. The van der Waals surface area contributed by atoms with Crippen molar-refractivity contribution in [3.05, 3.63) is 0 Å². The lowest BCUT2D eigenvalue weighted by atomic mass is 10.1. The van der Waals surface area contributed by atoms with Gasteiger partial charge in [0.1, 0.15) is 5.25 Å². The highest BCUT2D eigenvalue weighted by molar-refractivity contribution is 7.92. The molecule has 1 heterocycles. The number of hydrogen-bond acceptors (Lipinski definition) is 4. The van der Waals surface area contributed by atoms with Crippen molar-refractivity contribution in [3.63, 3.8) is 0 Å². The summed E-state index contributed by atoms with van der Waals surface area (Å²) in [4.78, 5) is 11.2. The van der Waals surface area contributed by atoms with Gasteiger partial charge < -0.3 is 10.5 Å². The average molecular weight is 353 g/mol. The molecule has 1 rings (SSSR count). The third-order valence-corrected chi connectivity index (χ3v) is 5.50. The molecule has 2 N–H and O–H groups in total. The summed E-state index contributed by atoms with van der Waals surface area (Å²) in [6.45, 7) is 0.327. The fraction of sp³-hybridized carbons (Fsp3) is 0.909. The Bertz CT molecular complexity index is 499. The van der Waals surface area contributed by atoms with Crippen molar-refractivity contribution < 1.29 is 39.9 Å². The fourth-order valence-corrected chi connectivity index (χ4v) is 3.95. The second-order valence-corrected chi connectivity index (χ2v) is 7.32. The topological polar surface area (TPSA) is 86.5 Å². The zero-order valence-corrected chi connectivity index (χ0v) is 12.2. The predicted molar refractivity (Wildman–Crippen MR) is 66.0 cm³/mol. The Morgan fingerprint density at radius 3 is 2.27 bits per heavy atom. The lowest BCUT2D eigenvalue weighted by Crippen LogP contribution is -2.43. The van der Waals surface area contributed by atoms with Crippen LogP contribution in [0.2, 0.25) is 0 Å². The molecule has 11 heteroatoms. The molecule has 2 atom stereocenters. The molecule has 0 saturated carbocycles. The Kier molecular flexibility index (Phi) is 5.77. The van der Waals surface area contributed by atoms with E-state index in [0.717, 1.165) is 0 Å². The molecule has 22 heavy (non-hydrogen) atoms. The van der Waals surface area contributed by atoms with Crippen LogP contribution in [0.1, 0.15) is 25.7 Å². The molecule has 1 saturated heterocycles. The maximum Gasteiger partial charge on any atom is 0.453 e. The van der Waals surface area contributed by atoms with E-state index in [2.05, 4.69) is 0 Å². The van der Waals surface area contributed by atoms with E-state index in [1.807, 2.05) is 0 Å². The van der Waals surface area contributed by atoms with Gasteiger partial charge in [-0.2, -0.15) is 22.0 Å². The summed E-state index contributed by atoms with van der Waals surface area (Å²) in [7, 11) is -4.27. The summed E-state index contributed by atoms with van der Waals surface area (Å²) in [5.74, 6) is -7.16. The number of carbonyl (C=O) groups is 1. The van der Waals surface area contributed by atoms with E-state index in [-0.39, 0.29) is 0 Å². The maximum atomic E-state index is 12.9. The highest BCUT2D eigenvalue weighted by Gasteiger charge is 2.57. The van der Waals surface area contributed by atoms with Gasteiger partial charge in [0.25, 0.3) is 0 Å². The Balaban J connectivity index is 2.78. The van der Waals surface area contributed by atoms with Crippen LogP contribution in [0.5, 0.6) is 0 Å². The van der Waals surface area contributed by atoms with Crippen molar-refractivity contribution in [3.8, 4) is 0 Å². The number of sulfone groups is 1. The normalized spacial score (nSPS) is 21.8. The van der Waals surface area contributed by atoms with Crippen LogP contribution in [-0.4, -0.2) is 50.1 Å². The number of amides is 1. The lowest BCUT2D eigenvalue weighted by Gasteiger charge is -2.22. The van der Waals surface area contributed by atoms with Crippen molar-refractivity contribution in [2.75, 3.05) is 12.4 Å². The number of ether oxygens (including phenoxy) is 1. The standard InChI is InChI=1S/C11H16F5NO4S/c12-10(13,11(14,15)16)4-3-8(9(17)18)22(19,20)6-7-2-1-5-21-7/h7-8H,1-6H2,(H2,17,18). The molecule has 0 aromatic heterocycles. The fourth-order valence-electron chi connectivity index (χ4n) is 2.10. The van der Waals surface area contributed by atoms with Crippen LogP contribution in [0.15, 0.2) is 0 Å². The zero-order valence-electron chi connectivity index (χ0n) is 11.4. The van der Waals surface area contributed by atoms with Crippen LogP contribution in [0.4, 0.5) is 22.0 Å². The Morgan fingerprint density at radius 2 is 1.86 bits per heavy atom. The first-order valence-corrected chi connectivity index (χ1v) is 8.15. The van der Waals surface area contributed by atoms with Crippen molar-refractivity contribution in [2.45, 2.75) is 49.1 Å². The van der Waals surface area contributed by atoms with Crippen molar-refractivity contribution in [1.29, 1.82) is 0 Å². The molecule has 1 amide bonds. The van der Waals surface area contributed by atoms with Crippen LogP contribution in [0.3, 0.4) is 0 Å². The molecular weight excluding hydrogens is 337 g/mol. The molecule has 5 nitrogen and oxygen atoms in total. The number of halogens is 5. The molecule has 0 bridgehead atoms. The molecule has 130 valence electrons. The van der Waals surface area contributed by atoms with Gasteiger partial charge in [-0.25, -0.2) is 8.42 Å². The molecule has 0 aliphatic carbocycles. The third-order valence-electron chi connectivity index (χ3n) is 3.33. The molecule has 0 aromatic carbocycles. The number of carbonyl (C=O) groups excluding carboxylic acids is 1. The summed E-state index contributed by atoms with van der Waals surface area (Å²) >= 11 is 0. The highest BCUT2D eigenvalue weighted by Crippen LogP contribution is 2.39. The van der Waals surface area contributed by atoms with Gasteiger partial charge in [0.15, 0.2) is 9.84 Å². The molecule has 1 aliphatic heterocycles. The highest BCUT2D eigenvalue weighted by atomic mass is 32.2. The minimum atomic E-state index is -5.81. The SMILES string of the molecule is NC(=O)C(CCC(F)(F)C(F)(F)F)S(=O)(=O)CC1CCCO1. The van der Waals surface area contributed by atoms with Crippen molar-refractivity contribution in [2.24, 2.45) is 5.73 Å². The smallest absolute Gasteiger partial charge is 0.377 e. The number of rotatable bonds is 7. The maximum absolute atomic E-state index is 12.9. The van der Waals surface area contributed by atoms with Crippen LogP contribution in [0, 0.1) is 0 Å². The van der Waals surface area contributed by atoms with E-state index in [4.69, 9.17) is 10.5 Å². The summed E-state index contributed by atoms with van der Waals surface area (Å²) in [6.07, 6.45) is -8.52. The second-order valence-electron chi connectivity index (χ2n) is 5.10. The van der Waals surface area contributed by atoms with Crippen LogP contribution < -0.4 is 5.73 Å². The van der Waals surface area contributed by atoms with Gasteiger partial charge in [-0.3, -0.25) is 4.79 Å². The second kappa shape index (κ2) is 6.65. The summed E-state index contributed by atoms with van der Waals surface area (Å²) in [6, 6.07) is 0. The van der Waals surface area contributed by atoms with E-state index in [1.54, 1.807) is 0 Å². The van der Waals surface area contributed by atoms with E-state index in [1.165, 1.54) is 0 Å². The number of primary amides is 1. The van der Waals surface area contributed by atoms with Gasteiger partial charge >= 0.3 is 12.1 Å². The number of nitrogens with two attached hydrogens (primary N) is 1. The molecular formula is C11H16F5NO4S. The van der Waals surface area contributed by atoms with Gasteiger partial charge in [0, 0.05) is 13.0 Å². The molecule has 0 radical (unpaired) electrons. The van der Waals surface area contributed by atoms with Gasteiger partial charge in [-0.05, 0) is 19.3 Å². The predicted octanol–water partition coefficient (Wildman–Crippen LogP) is 1.41. The van der Waals surface area contributed by atoms with Gasteiger partial charge in [-0.1, -0.05) is 0 Å². The first kappa shape index (κ1) is 19.1. The van der Waals surface area contributed by atoms with Gasteiger partial charge in [0.05, 0.1) is 11.9 Å². The third kappa shape index (κ3) is 4.77. The molecule has 0 aromatic rings. The Morgan fingerprint density at radius 1 is 1.27 bits per heavy atom. The van der Waals surface area contributed by atoms with Gasteiger partial charge in [0.2, 0.25) is 5.91 Å². The molecule has 1 fully saturated rings. The largest absolute Gasteiger partial charge is 0.453 e. The summed E-state index contributed by atoms with van der Waals surface area (Å²) < 4.78 is 91.0. The Labute approximate surface area is 123 Å². The first-order chi connectivity index (χ1) is 9.87. The molecule has 2 unspecified atom stereocenters. The summed E-state index contributed by atoms with van der Waals surface area (Å²) in [5, 5.41) is -2.09. The van der Waals surface area contributed by atoms with Crippen molar-refractivity contribution >= 4 is 15.7 Å². The quantitative estimate of drug-likeness (QED) is 0.701. The Hall–Kier alpha value is -0.970. The average Bonchev–Trinajstić information content (AvgIpc) is 2.78. The zero-order chi connectivity index (χ0) is 17.2. The van der Waals surface area contributed by atoms with Crippen molar-refractivity contribution in [1.82, 2.24) is 0 Å². The summed E-state index contributed by atoms with van der Waals surface area (Å²) in [5.41, 5.74) is 4.85. The van der Waals surface area contributed by atoms with E-state index in [9.17, 15) is 35.2 Å². The van der Waals surface area contributed by atoms with Crippen LogP contribution >= 0.6 is 0 Å². The van der Waals surface area contributed by atoms with Gasteiger partial charge in [-0.15, -0.1) is 0 Å². The van der Waals surface area contributed by atoms with Crippen LogP contribution in [-0.2, 0) is 19.4 Å². The minimum absolute atomic E-state index is 0.327. The monoisotopic (exact) mass is 353 g/mol. The number of alkyl halides is 5.